The predicted octanol–water partition coefficient (Wildman–Crippen LogP) is 4.95. The lowest BCUT2D eigenvalue weighted by Crippen LogP contribution is -1.92. The lowest BCUT2D eigenvalue weighted by atomic mass is 10.1. The predicted molar refractivity (Wildman–Crippen MR) is 108 cm³/mol. The Morgan fingerprint density at radius 2 is 1.12 bits per heavy atom. The Hall–Kier alpha value is -3.05. The maximum Gasteiger partial charge on any atom is 0.188 e. The normalized spacial score (nSPS) is 11.4. The fraction of sp³-hybridized carbons (Fsp3) is 0.0476. The van der Waals surface area contributed by atoms with E-state index >= 15 is 0 Å². The van der Waals surface area contributed by atoms with Crippen molar-refractivity contribution in [3.63, 3.8) is 0 Å². The summed E-state index contributed by atoms with van der Waals surface area (Å²) in [5.41, 5.74) is 3.58. The van der Waals surface area contributed by atoms with Gasteiger partial charge in [-0.05, 0) is 59.9 Å². The van der Waals surface area contributed by atoms with E-state index in [1.54, 1.807) is 24.3 Å². The minimum atomic E-state index is 0.246. The highest BCUT2D eigenvalue weighted by atomic mass is 32.2. The fourth-order valence-electron chi connectivity index (χ4n) is 2.26. The van der Waals surface area contributed by atoms with Crippen LogP contribution in [0.3, 0.4) is 0 Å². The van der Waals surface area contributed by atoms with E-state index < -0.39 is 0 Å². The molecule has 3 aromatic rings. The molecule has 2 aromatic carbocycles. The van der Waals surface area contributed by atoms with Crippen molar-refractivity contribution in [2.45, 2.75) is 5.16 Å². The van der Waals surface area contributed by atoms with Gasteiger partial charge in [0, 0.05) is 0 Å². The standard InChI is InChI=1S/C21H18N2O2S/c1-26-21-22-17(8-2-15-4-10-19(24)11-5-15)14-18(23-21)9-3-16-6-12-20(25)13-7-16/h2-14,24-25H,1H3/b8-2+,9-3+. The number of aromatic nitrogens is 2. The Balaban J connectivity index is 1.83. The second kappa shape index (κ2) is 8.36. The van der Waals surface area contributed by atoms with Crippen LogP contribution in [-0.4, -0.2) is 26.4 Å². The van der Waals surface area contributed by atoms with Gasteiger partial charge in [0.1, 0.15) is 11.5 Å². The lowest BCUT2D eigenvalue weighted by molar-refractivity contribution is 0.474. The van der Waals surface area contributed by atoms with Gasteiger partial charge in [-0.25, -0.2) is 9.97 Å². The van der Waals surface area contributed by atoms with Crippen LogP contribution in [0, 0.1) is 0 Å². The molecule has 1 aromatic heterocycles. The average Bonchev–Trinajstić information content (AvgIpc) is 2.67. The molecule has 0 spiro atoms. The van der Waals surface area contributed by atoms with Gasteiger partial charge < -0.3 is 10.2 Å². The summed E-state index contributed by atoms with van der Waals surface area (Å²) in [6.07, 6.45) is 9.67. The zero-order valence-corrected chi connectivity index (χ0v) is 15.0. The molecule has 130 valence electrons. The van der Waals surface area contributed by atoms with Crippen LogP contribution in [0.25, 0.3) is 24.3 Å². The van der Waals surface area contributed by atoms with E-state index in [4.69, 9.17) is 0 Å². The van der Waals surface area contributed by atoms with Gasteiger partial charge >= 0.3 is 0 Å². The third-order valence-corrected chi connectivity index (χ3v) is 4.15. The maximum absolute atomic E-state index is 9.35. The molecule has 0 amide bonds. The topological polar surface area (TPSA) is 66.2 Å². The number of phenolic OH excluding ortho intramolecular Hbond substituents is 2. The highest BCUT2D eigenvalue weighted by molar-refractivity contribution is 7.98. The first-order chi connectivity index (χ1) is 12.6. The second-order valence-corrected chi connectivity index (χ2v) is 6.33. The van der Waals surface area contributed by atoms with Crippen LogP contribution in [-0.2, 0) is 0 Å². The summed E-state index contributed by atoms with van der Waals surface area (Å²) in [4.78, 5) is 9.00. The molecule has 5 heteroatoms. The maximum atomic E-state index is 9.35. The average molecular weight is 362 g/mol. The first-order valence-corrected chi connectivity index (χ1v) is 9.22. The minimum absolute atomic E-state index is 0.246. The van der Waals surface area contributed by atoms with Crippen LogP contribution >= 0.6 is 11.8 Å². The van der Waals surface area contributed by atoms with Crippen LogP contribution in [0.1, 0.15) is 22.5 Å². The Labute approximate surface area is 156 Å². The summed E-state index contributed by atoms with van der Waals surface area (Å²) < 4.78 is 0. The van der Waals surface area contributed by atoms with E-state index in [-0.39, 0.29) is 11.5 Å². The van der Waals surface area contributed by atoms with Crippen LogP contribution in [0.2, 0.25) is 0 Å². The van der Waals surface area contributed by atoms with E-state index in [1.807, 2.05) is 60.9 Å². The molecule has 0 radical (unpaired) electrons. The SMILES string of the molecule is CSc1nc(/C=C/c2ccc(O)cc2)cc(/C=C/c2ccc(O)cc2)n1. The van der Waals surface area contributed by atoms with Gasteiger partial charge in [-0.1, -0.05) is 48.2 Å². The molecular weight excluding hydrogens is 344 g/mol. The molecule has 26 heavy (non-hydrogen) atoms. The quantitative estimate of drug-likeness (QED) is 0.496. The molecule has 0 aliphatic heterocycles. The highest BCUT2D eigenvalue weighted by Crippen LogP contribution is 2.17. The smallest absolute Gasteiger partial charge is 0.188 e. The highest BCUT2D eigenvalue weighted by Gasteiger charge is 2.00. The molecular formula is C21H18N2O2S. The molecule has 1 heterocycles. The molecule has 3 rings (SSSR count). The summed E-state index contributed by atoms with van der Waals surface area (Å²) in [5.74, 6) is 0.492. The Morgan fingerprint density at radius 1 is 0.692 bits per heavy atom. The van der Waals surface area contributed by atoms with E-state index in [0.717, 1.165) is 22.5 Å². The van der Waals surface area contributed by atoms with Gasteiger partial charge in [0.2, 0.25) is 0 Å². The first kappa shape index (κ1) is 17.8. The third kappa shape index (κ3) is 4.97. The van der Waals surface area contributed by atoms with Crippen molar-refractivity contribution < 1.29 is 10.2 Å². The number of aromatic hydroxyl groups is 2. The van der Waals surface area contributed by atoms with E-state index in [0.29, 0.717) is 5.16 Å². The molecule has 0 saturated carbocycles. The Kier molecular flexibility index (Phi) is 5.71. The van der Waals surface area contributed by atoms with Crippen molar-refractivity contribution >= 4 is 36.1 Å². The fourth-order valence-corrected chi connectivity index (χ4v) is 2.65. The number of benzene rings is 2. The molecule has 0 bridgehead atoms. The zero-order valence-electron chi connectivity index (χ0n) is 14.2. The molecule has 0 atom stereocenters. The van der Waals surface area contributed by atoms with Gasteiger partial charge in [0.05, 0.1) is 11.4 Å². The van der Waals surface area contributed by atoms with E-state index in [1.165, 1.54) is 11.8 Å². The summed E-state index contributed by atoms with van der Waals surface area (Å²) in [6.45, 7) is 0. The molecule has 2 N–H and O–H groups in total. The number of phenols is 2. The second-order valence-electron chi connectivity index (χ2n) is 5.55. The van der Waals surface area contributed by atoms with Crippen molar-refractivity contribution in [2.24, 2.45) is 0 Å². The van der Waals surface area contributed by atoms with E-state index in [9.17, 15) is 10.2 Å². The van der Waals surface area contributed by atoms with E-state index in [2.05, 4.69) is 9.97 Å². The van der Waals surface area contributed by atoms with Crippen molar-refractivity contribution in [1.82, 2.24) is 9.97 Å². The van der Waals surface area contributed by atoms with Crippen molar-refractivity contribution in [3.8, 4) is 11.5 Å². The molecule has 0 aliphatic rings. The van der Waals surface area contributed by atoms with Gasteiger partial charge in [-0.15, -0.1) is 0 Å². The number of thioether (sulfide) groups is 1. The largest absolute Gasteiger partial charge is 0.508 e. The molecule has 0 aliphatic carbocycles. The number of rotatable bonds is 5. The van der Waals surface area contributed by atoms with Gasteiger partial charge in [0.15, 0.2) is 5.16 Å². The Morgan fingerprint density at radius 3 is 1.50 bits per heavy atom. The Bertz CT molecular complexity index is 859. The number of hydrogen-bond acceptors (Lipinski definition) is 5. The molecule has 0 saturated heterocycles. The zero-order chi connectivity index (χ0) is 18.4. The molecule has 0 unspecified atom stereocenters. The molecule has 4 nitrogen and oxygen atoms in total. The third-order valence-electron chi connectivity index (χ3n) is 3.61. The van der Waals surface area contributed by atoms with Crippen LogP contribution in [0.15, 0.2) is 59.8 Å². The lowest BCUT2D eigenvalue weighted by Gasteiger charge is -2.01. The summed E-state index contributed by atoms with van der Waals surface area (Å²) in [5, 5.41) is 19.4. The minimum Gasteiger partial charge on any atom is -0.508 e. The van der Waals surface area contributed by atoms with Crippen molar-refractivity contribution in [2.75, 3.05) is 6.26 Å². The van der Waals surface area contributed by atoms with Gasteiger partial charge in [0.25, 0.3) is 0 Å². The summed E-state index contributed by atoms with van der Waals surface area (Å²) >= 11 is 1.49. The first-order valence-electron chi connectivity index (χ1n) is 8.00. The summed E-state index contributed by atoms with van der Waals surface area (Å²) in [6, 6.07) is 15.9. The number of hydrogen-bond donors (Lipinski definition) is 2. The van der Waals surface area contributed by atoms with Gasteiger partial charge in [-0.2, -0.15) is 0 Å². The van der Waals surface area contributed by atoms with Crippen LogP contribution in [0.5, 0.6) is 11.5 Å². The van der Waals surface area contributed by atoms with Crippen molar-refractivity contribution in [3.05, 3.63) is 77.1 Å². The van der Waals surface area contributed by atoms with Crippen molar-refractivity contribution in [1.29, 1.82) is 0 Å². The molecule has 0 fully saturated rings. The van der Waals surface area contributed by atoms with Crippen LogP contribution in [0.4, 0.5) is 0 Å². The monoisotopic (exact) mass is 362 g/mol. The summed E-state index contributed by atoms with van der Waals surface area (Å²) in [7, 11) is 0. The van der Waals surface area contributed by atoms with Gasteiger partial charge in [-0.3, -0.25) is 0 Å². The number of nitrogens with zero attached hydrogens (tertiary/aromatic N) is 2. The van der Waals surface area contributed by atoms with Crippen LogP contribution < -0.4 is 0 Å².